The molecule has 0 aliphatic carbocycles. The zero-order valence-corrected chi connectivity index (χ0v) is 29.5. The van der Waals surface area contributed by atoms with E-state index < -0.39 is 21.6 Å². The molecule has 49 heavy (non-hydrogen) atoms. The van der Waals surface area contributed by atoms with Crippen LogP contribution in [0.1, 0.15) is 56.4 Å². The fourth-order valence-corrected chi connectivity index (χ4v) is 7.89. The molecule has 3 aromatic carbocycles. The average molecular weight is 724 g/mol. The van der Waals surface area contributed by atoms with E-state index in [1.807, 2.05) is 18.2 Å². The predicted octanol–water partition coefficient (Wildman–Crippen LogP) is 8.56. The first-order valence-corrected chi connectivity index (χ1v) is 18.2. The second kappa shape index (κ2) is 15.5. The summed E-state index contributed by atoms with van der Waals surface area (Å²) >= 11 is 7.59. The number of halogens is 3. The molecule has 0 spiro atoms. The number of nitrogens with one attached hydrogen (secondary N) is 3. The molecule has 8 nitrogen and oxygen atoms in total. The lowest BCUT2D eigenvalue weighted by molar-refractivity contribution is 0.247. The Bertz CT molecular complexity index is 1920. The quantitative estimate of drug-likeness (QED) is 0.119. The molecule has 0 aliphatic heterocycles. The van der Waals surface area contributed by atoms with Crippen molar-refractivity contribution >= 4 is 44.1 Å². The molecule has 256 valence electrons. The fraction of sp³-hybridized carbons (Fsp3) is 0.250. The largest absolute Gasteiger partial charge is 0.335 e. The van der Waals surface area contributed by atoms with E-state index in [-0.39, 0.29) is 33.6 Å². The number of carbonyl (C=O) groups excluding carboxylic acids is 1. The summed E-state index contributed by atoms with van der Waals surface area (Å²) in [4.78, 5) is 22.4. The smallest absolute Gasteiger partial charge is 0.321 e. The van der Waals surface area contributed by atoms with Crippen molar-refractivity contribution < 1.29 is 22.0 Å². The first-order valence-electron chi connectivity index (χ1n) is 15.5. The summed E-state index contributed by atoms with van der Waals surface area (Å²) < 4.78 is 55.9. The molecule has 13 heteroatoms. The van der Waals surface area contributed by atoms with E-state index in [4.69, 9.17) is 11.6 Å². The number of amides is 2. The summed E-state index contributed by atoms with van der Waals surface area (Å²) in [6, 6.07) is 23.4. The summed E-state index contributed by atoms with van der Waals surface area (Å²) in [6.07, 6.45) is 3.22. The first kappa shape index (κ1) is 36.1. The number of benzene rings is 3. The number of pyridine rings is 1. The number of aromatic nitrogens is 2. The molecular weight excluding hydrogens is 688 g/mol. The highest BCUT2D eigenvalue weighted by Crippen LogP contribution is 2.36. The van der Waals surface area contributed by atoms with Crippen molar-refractivity contribution in [2.24, 2.45) is 0 Å². The number of nitrogens with zero attached hydrogens (tertiary/aromatic N) is 2. The molecule has 2 aromatic heterocycles. The Morgan fingerprint density at radius 3 is 2.04 bits per heavy atom. The van der Waals surface area contributed by atoms with Crippen LogP contribution in [-0.4, -0.2) is 36.0 Å². The van der Waals surface area contributed by atoms with Gasteiger partial charge in [-0.25, -0.2) is 31.7 Å². The Morgan fingerprint density at radius 1 is 0.878 bits per heavy atom. The van der Waals surface area contributed by atoms with Crippen LogP contribution in [0.4, 0.5) is 18.7 Å². The molecule has 0 saturated heterocycles. The number of sulfonamides is 1. The van der Waals surface area contributed by atoms with Gasteiger partial charge in [0.2, 0.25) is 10.0 Å². The Labute approximate surface area is 294 Å². The van der Waals surface area contributed by atoms with Gasteiger partial charge in [-0.2, -0.15) is 0 Å². The summed E-state index contributed by atoms with van der Waals surface area (Å²) in [5.74, 6) is -0.878. The van der Waals surface area contributed by atoms with Crippen molar-refractivity contribution in [3.63, 3.8) is 0 Å². The van der Waals surface area contributed by atoms with Gasteiger partial charge in [-0.05, 0) is 93.3 Å². The molecule has 2 amide bonds. The minimum Gasteiger partial charge on any atom is -0.335 e. The maximum Gasteiger partial charge on any atom is 0.321 e. The van der Waals surface area contributed by atoms with Crippen molar-refractivity contribution in [3.8, 4) is 11.3 Å². The van der Waals surface area contributed by atoms with Crippen LogP contribution in [0.3, 0.4) is 0 Å². The molecule has 5 rings (SSSR count). The molecule has 0 fully saturated rings. The van der Waals surface area contributed by atoms with E-state index in [0.29, 0.717) is 34.9 Å². The SMILES string of the molecule is CC(C)(C)NS(=O)(=O)c1ccc(-c2nc(NC(=O)NC(CCC(c3ccc(F)cc3)c3ccc(F)cc3)Cc3ccccn3)sc2Cl)cc1. The second-order valence-electron chi connectivity index (χ2n) is 12.6. The summed E-state index contributed by atoms with van der Waals surface area (Å²) in [5.41, 5.74) is 2.88. The van der Waals surface area contributed by atoms with Crippen LogP contribution in [0.15, 0.2) is 102 Å². The zero-order chi connectivity index (χ0) is 35.2. The van der Waals surface area contributed by atoms with Crippen LogP contribution in [0.2, 0.25) is 4.34 Å². The normalized spacial score (nSPS) is 12.6. The van der Waals surface area contributed by atoms with Crippen LogP contribution in [0.25, 0.3) is 11.3 Å². The Balaban J connectivity index is 1.31. The van der Waals surface area contributed by atoms with E-state index in [2.05, 4.69) is 25.3 Å². The van der Waals surface area contributed by atoms with Crippen molar-refractivity contribution in [1.82, 2.24) is 20.0 Å². The van der Waals surface area contributed by atoms with Crippen molar-refractivity contribution in [1.29, 1.82) is 0 Å². The first-order chi connectivity index (χ1) is 23.3. The number of carbonyl (C=O) groups is 1. The van der Waals surface area contributed by atoms with Gasteiger partial charge in [0.15, 0.2) is 5.13 Å². The van der Waals surface area contributed by atoms with Gasteiger partial charge in [0.25, 0.3) is 0 Å². The van der Waals surface area contributed by atoms with Crippen molar-refractivity contribution in [2.75, 3.05) is 5.32 Å². The Morgan fingerprint density at radius 2 is 1.49 bits per heavy atom. The topological polar surface area (TPSA) is 113 Å². The number of urea groups is 1. The molecule has 0 saturated carbocycles. The predicted molar refractivity (Wildman–Crippen MR) is 190 cm³/mol. The lowest BCUT2D eigenvalue weighted by Crippen LogP contribution is -2.40. The van der Waals surface area contributed by atoms with Crippen molar-refractivity contribution in [2.45, 2.75) is 62.4 Å². The Kier molecular flexibility index (Phi) is 11.4. The summed E-state index contributed by atoms with van der Waals surface area (Å²) in [7, 11) is -3.72. The highest BCUT2D eigenvalue weighted by atomic mass is 35.5. The molecule has 0 radical (unpaired) electrons. The van der Waals surface area contributed by atoms with Crippen LogP contribution in [-0.2, 0) is 16.4 Å². The van der Waals surface area contributed by atoms with Gasteiger partial charge < -0.3 is 5.32 Å². The molecule has 0 aliphatic rings. The monoisotopic (exact) mass is 723 g/mol. The van der Waals surface area contributed by atoms with E-state index in [9.17, 15) is 22.0 Å². The highest BCUT2D eigenvalue weighted by Gasteiger charge is 2.24. The fourth-order valence-electron chi connectivity index (χ4n) is 5.39. The van der Waals surface area contributed by atoms with Gasteiger partial charge in [-0.1, -0.05) is 65.4 Å². The second-order valence-corrected chi connectivity index (χ2v) is 15.9. The maximum absolute atomic E-state index is 13.8. The van der Waals surface area contributed by atoms with Gasteiger partial charge in [0, 0.05) is 41.4 Å². The third-order valence-corrected chi connectivity index (χ3v) is 10.5. The highest BCUT2D eigenvalue weighted by molar-refractivity contribution is 7.89. The van der Waals surface area contributed by atoms with Gasteiger partial charge in [0.05, 0.1) is 4.90 Å². The number of thiazole rings is 1. The maximum atomic E-state index is 13.8. The van der Waals surface area contributed by atoms with Crippen LogP contribution in [0, 0.1) is 11.6 Å². The van der Waals surface area contributed by atoms with Crippen LogP contribution < -0.4 is 15.4 Å². The minimum absolute atomic E-state index is 0.107. The molecule has 5 aromatic rings. The van der Waals surface area contributed by atoms with E-state index in [1.54, 1.807) is 63.4 Å². The number of hydrogen-bond acceptors (Lipinski definition) is 6. The van der Waals surface area contributed by atoms with E-state index >= 15 is 0 Å². The van der Waals surface area contributed by atoms with E-state index in [1.165, 1.54) is 36.4 Å². The molecule has 1 unspecified atom stereocenters. The number of hydrogen-bond donors (Lipinski definition) is 3. The third kappa shape index (κ3) is 10.1. The molecule has 1 atom stereocenters. The standard InChI is InChI=1S/C36H36ClF2N5O3S2/c1-36(2,3)44-49(46,47)30-18-11-25(12-19-30)32-33(37)48-35(42-32)43-34(45)41-29(22-28-6-4-5-21-40-28)17-20-31(23-7-13-26(38)14-8-23)24-9-15-27(39)16-10-24/h4-16,18-19,21,29,31,44H,17,20,22H2,1-3H3,(H2,41,42,43,45). The van der Waals surface area contributed by atoms with Gasteiger partial charge >= 0.3 is 6.03 Å². The summed E-state index contributed by atoms with van der Waals surface area (Å²) in [5, 5.41) is 6.08. The molecule has 0 bridgehead atoms. The number of anilines is 1. The zero-order valence-electron chi connectivity index (χ0n) is 27.1. The minimum atomic E-state index is -3.72. The Hall–Kier alpha value is -4.23. The number of rotatable bonds is 12. The average Bonchev–Trinajstić information content (AvgIpc) is 3.41. The van der Waals surface area contributed by atoms with Gasteiger partial charge in [-0.15, -0.1) is 0 Å². The van der Waals surface area contributed by atoms with Crippen LogP contribution >= 0.6 is 22.9 Å². The molecule has 2 heterocycles. The van der Waals surface area contributed by atoms with Crippen molar-refractivity contribution in [3.05, 3.63) is 130 Å². The molecule has 3 N–H and O–H groups in total. The van der Waals surface area contributed by atoms with Gasteiger partial charge in [0.1, 0.15) is 21.7 Å². The van der Waals surface area contributed by atoms with Gasteiger partial charge in [-0.3, -0.25) is 10.3 Å². The lowest BCUT2D eigenvalue weighted by atomic mass is 9.85. The van der Waals surface area contributed by atoms with E-state index in [0.717, 1.165) is 28.2 Å². The summed E-state index contributed by atoms with van der Waals surface area (Å²) in [6.45, 7) is 5.29. The third-order valence-electron chi connectivity index (χ3n) is 7.55. The molecular formula is C36H36ClF2N5O3S2. The van der Waals surface area contributed by atoms with Crippen LogP contribution in [0.5, 0.6) is 0 Å². The lowest BCUT2D eigenvalue weighted by Gasteiger charge is -2.23.